The molecule has 0 aliphatic heterocycles. The fourth-order valence-corrected chi connectivity index (χ4v) is 2.83. The van der Waals surface area contributed by atoms with Gasteiger partial charge in [0.1, 0.15) is 17.4 Å². The van der Waals surface area contributed by atoms with Crippen molar-refractivity contribution in [1.82, 2.24) is 0 Å². The quantitative estimate of drug-likeness (QED) is 0.423. The highest BCUT2D eigenvalue weighted by atomic mass is 35.5. The number of nitrogens with zero attached hydrogens (tertiary/aromatic N) is 1. The summed E-state index contributed by atoms with van der Waals surface area (Å²) in [5.41, 5.74) is 0.994. The molecule has 2 aromatic carbocycles. The van der Waals surface area contributed by atoms with Gasteiger partial charge in [-0.05, 0) is 56.2 Å². The van der Waals surface area contributed by atoms with Crippen LogP contribution in [-0.2, 0) is 4.79 Å². The maximum atomic E-state index is 12.6. The summed E-state index contributed by atoms with van der Waals surface area (Å²) in [5.74, 6) is 0.949. The van der Waals surface area contributed by atoms with Gasteiger partial charge in [0.25, 0.3) is 5.91 Å². The molecule has 0 spiro atoms. The predicted molar refractivity (Wildman–Crippen MR) is 118 cm³/mol. The average molecular weight is 429 g/mol. The minimum atomic E-state index is -0.541. The summed E-state index contributed by atoms with van der Waals surface area (Å²) in [4.78, 5) is 12.6. The lowest BCUT2D eigenvalue weighted by molar-refractivity contribution is -0.112. The Morgan fingerprint density at radius 2 is 2.07 bits per heavy atom. The molecule has 1 amide bonds. The van der Waals surface area contributed by atoms with E-state index in [1.165, 1.54) is 13.2 Å². The van der Waals surface area contributed by atoms with Crippen LogP contribution in [0, 0.1) is 11.3 Å². The zero-order valence-electron chi connectivity index (χ0n) is 17.5. The van der Waals surface area contributed by atoms with Gasteiger partial charge < -0.3 is 19.5 Å². The lowest BCUT2D eigenvalue weighted by Crippen LogP contribution is -2.13. The average Bonchev–Trinajstić information content (AvgIpc) is 2.73. The van der Waals surface area contributed by atoms with E-state index < -0.39 is 5.91 Å². The summed E-state index contributed by atoms with van der Waals surface area (Å²) in [6.45, 7) is 6.33. The van der Waals surface area contributed by atoms with Gasteiger partial charge in [-0.2, -0.15) is 5.26 Å². The number of hydrogen-bond acceptors (Lipinski definition) is 5. The number of carbonyl (C=O) groups excluding carboxylic acids is 1. The van der Waals surface area contributed by atoms with Gasteiger partial charge in [0.2, 0.25) is 0 Å². The molecule has 0 aliphatic rings. The van der Waals surface area contributed by atoms with Gasteiger partial charge in [-0.3, -0.25) is 4.79 Å². The first-order valence-electron chi connectivity index (χ1n) is 9.61. The molecule has 0 bridgehead atoms. The topological polar surface area (TPSA) is 80.6 Å². The van der Waals surface area contributed by atoms with Gasteiger partial charge in [0.05, 0.1) is 24.8 Å². The number of benzene rings is 2. The van der Waals surface area contributed by atoms with Crippen LogP contribution in [0.15, 0.2) is 42.0 Å². The summed E-state index contributed by atoms with van der Waals surface area (Å²) in [6, 6.07) is 12.2. The first kappa shape index (κ1) is 23.1. The van der Waals surface area contributed by atoms with E-state index in [0.29, 0.717) is 40.1 Å². The molecule has 0 heterocycles. The summed E-state index contributed by atoms with van der Waals surface area (Å²) in [6.07, 6.45) is 2.22. The number of carbonyl (C=O) groups is 1. The lowest BCUT2D eigenvalue weighted by atomic mass is 10.1. The van der Waals surface area contributed by atoms with Crippen LogP contribution in [0.5, 0.6) is 17.2 Å². The van der Waals surface area contributed by atoms with Crippen LogP contribution in [0.4, 0.5) is 5.69 Å². The molecule has 7 heteroatoms. The van der Waals surface area contributed by atoms with Crippen molar-refractivity contribution in [3.63, 3.8) is 0 Å². The van der Waals surface area contributed by atoms with E-state index in [0.717, 1.165) is 6.42 Å². The van der Waals surface area contributed by atoms with Crippen LogP contribution in [0.3, 0.4) is 0 Å². The fourth-order valence-electron chi connectivity index (χ4n) is 2.57. The Kier molecular flexibility index (Phi) is 8.57. The summed E-state index contributed by atoms with van der Waals surface area (Å²) in [7, 11) is 1.51. The first-order valence-corrected chi connectivity index (χ1v) is 9.99. The summed E-state index contributed by atoms with van der Waals surface area (Å²) < 4.78 is 16.6. The van der Waals surface area contributed by atoms with Gasteiger partial charge >= 0.3 is 0 Å². The SMILES string of the molecule is CCOc1cccc(NC(=O)/C(C#N)=C\c2cc(Cl)c(O[C@H](C)CC)c(OC)c2)c1. The predicted octanol–water partition coefficient (Wildman–Crippen LogP) is 5.47. The highest BCUT2D eigenvalue weighted by Crippen LogP contribution is 2.38. The van der Waals surface area contributed by atoms with Crippen molar-refractivity contribution in [2.75, 3.05) is 19.0 Å². The third kappa shape index (κ3) is 6.16. The molecule has 6 nitrogen and oxygen atoms in total. The molecule has 0 aliphatic carbocycles. The van der Waals surface area contributed by atoms with Gasteiger partial charge in [-0.25, -0.2) is 0 Å². The van der Waals surface area contributed by atoms with Gasteiger partial charge in [0, 0.05) is 11.8 Å². The third-order valence-corrected chi connectivity index (χ3v) is 4.51. The molecule has 2 rings (SSSR count). The maximum absolute atomic E-state index is 12.6. The molecule has 30 heavy (non-hydrogen) atoms. The number of methoxy groups -OCH3 is 1. The third-order valence-electron chi connectivity index (χ3n) is 4.22. The zero-order valence-corrected chi connectivity index (χ0v) is 18.2. The number of anilines is 1. The van der Waals surface area contributed by atoms with Crippen molar-refractivity contribution < 1.29 is 19.0 Å². The van der Waals surface area contributed by atoms with Crippen molar-refractivity contribution in [1.29, 1.82) is 5.26 Å². The number of rotatable bonds is 9. The number of halogens is 1. The molecular formula is C23H25ClN2O4. The minimum Gasteiger partial charge on any atom is -0.494 e. The largest absolute Gasteiger partial charge is 0.494 e. The second-order valence-corrected chi connectivity index (χ2v) is 6.86. The Bertz CT molecular complexity index is 966. The Morgan fingerprint density at radius 1 is 1.30 bits per heavy atom. The van der Waals surface area contributed by atoms with Crippen molar-refractivity contribution in [3.8, 4) is 23.3 Å². The Labute approximate surface area is 182 Å². The van der Waals surface area contributed by atoms with Gasteiger partial charge in [-0.15, -0.1) is 0 Å². The van der Waals surface area contributed by atoms with E-state index in [1.54, 1.807) is 36.4 Å². The van der Waals surface area contributed by atoms with Crippen molar-refractivity contribution in [3.05, 3.63) is 52.6 Å². The molecule has 0 aromatic heterocycles. The lowest BCUT2D eigenvalue weighted by Gasteiger charge is -2.17. The monoisotopic (exact) mass is 428 g/mol. The standard InChI is InChI=1S/C23H25ClN2O4/c1-5-15(3)30-22-20(24)11-16(12-21(22)28-4)10-17(14-25)23(27)26-18-8-7-9-19(13-18)29-6-2/h7-13,15H,5-6H2,1-4H3,(H,26,27)/b17-10-/t15-/m1/s1. The second kappa shape index (κ2) is 11.1. The molecule has 2 aromatic rings. The Balaban J connectivity index is 2.28. The highest BCUT2D eigenvalue weighted by Gasteiger charge is 2.16. The van der Waals surface area contributed by atoms with E-state index in [9.17, 15) is 10.1 Å². The number of amides is 1. The number of nitrogens with one attached hydrogen (secondary N) is 1. The van der Waals surface area contributed by atoms with Crippen LogP contribution >= 0.6 is 11.6 Å². The molecule has 0 saturated heterocycles. The summed E-state index contributed by atoms with van der Waals surface area (Å²) in [5, 5.41) is 12.5. The normalized spacial score (nSPS) is 11.9. The maximum Gasteiger partial charge on any atom is 0.266 e. The smallest absolute Gasteiger partial charge is 0.266 e. The van der Waals surface area contributed by atoms with Crippen LogP contribution in [-0.4, -0.2) is 25.7 Å². The van der Waals surface area contributed by atoms with E-state index in [1.807, 2.05) is 26.8 Å². The molecule has 0 radical (unpaired) electrons. The Hall–Kier alpha value is -3.17. The van der Waals surface area contributed by atoms with Crippen LogP contribution in [0.25, 0.3) is 6.08 Å². The van der Waals surface area contributed by atoms with Crippen molar-refractivity contribution in [2.45, 2.75) is 33.3 Å². The van der Waals surface area contributed by atoms with E-state index in [2.05, 4.69) is 5.32 Å². The number of nitriles is 1. The van der Waals surface area contributed by atoms with Gasteiger partial charge in [0.15, 0.2) is 11.5 Å². The molecule has 0 saturated carbocycles. The second-order valence-electron chi connectivity index (χ2n) is 6.46. The van der Waals surface area contributed by atoms with E-state index >= 15 is 0 Å². The molecule has 0 unspecified atom stereocenters. The molecular weight excluding hydrogens is 404 g/mol. The van der Waals surface area contributed by atoms with Crippen molar-refractivity contribution in [2.24, 2.45) is 0 Å². The van der Waals surface area contributed by atoms with Crippen LogP contribution in [0.1, 0.15) is 32.8 Å². The first-order chi connectivity index (χ1) is 14.4. The van der Waals surface area contributed by atoms with Gasteiger partial charge in [-0.1, -0.05) is 24.6 Å². The number of hydrogen-bond donors (Lipinski definition) is 1. The Morgan fingerprint density at radius 3 is 2.70 bits per heavy atom. The molecule has 158 valence electrons. The van der Waals surface area contributed by atoms with E-state index in [-0.39, 0.29) is 11.7 Å². The fraction of sp³-hybridized carbons (Fsp3) is 0.304. The van der Waals surface area contributed by atoms with Crippen molar-refractivity contribution >= 4 is 29.3 Å². The molecule has 1 atom stereocenters. The zero-order chi connectivity index (χ0) is 22.1. The molecule has 1 N–H and O–H groups in total. The summed E-state index contributed by atoms with van der Waals surface area (Å²) >= 11 is 6.37. The van der Waals surface area contributed by atoms with E-state index in [4.69, 9.17) is 25.8 Å². The number of ether oxygens (including phenoxy) is 3. The van der Waals surface area contributed by atoms with Crippen LogP contribution < -0.4 is 19.5 Å². The molecule has 0 fully saturated rings. The highest BCUT2D eigenvalue weighted by molar-refractivity contribution is 6.32. The minimum absolute atomic E-state index is 0.0364. The van der Waals surface area contributed by atoms with Crippen LogP contribution in [0.2, 0.25) is 5.02 Å².